The number of halogens is 5. The molecule has 1 unspecified atom stereocenters. The van der Waals surface area contributed by atoms with Crippen LogP contribution in [0.2, 0.25) is 10.0 Å². The normalized spacial score (nSPS) is 18.4. The Bertz CT molecular complexity index is 1010. The minimum Gasteiger partial charge on any atom is -0.374 e. The number of aryl methyl sites for hydroxylation is 1. The average Bonchev–Trinajstić information content (AvgIpc) is 3.14. The van der Waals surface area contributed by atoms with Crippen molar-refractivity contribution in [3.05, 3.63) is 63.1 Å². The molecule has 166 valence electrons. The number of carbonyl (C=O) groups is 1. The van der Waals surface area contributed by atoms with Crippen LogP contribution in [-0.4, -0.2) is 17.8 Å². The third kappa shape index (κ3) is 4.91. The van der Waals surface area contributed by atoms with Crippen LogP contribution >= 0.6 is 23.2 Å². The topological polar surface area (TPSA) is 62.7 Å². The maximum atomic E-state index is 14.2. The van der Waals surface area contributed by atoms with Gasteiger partial charge in [-0.1, -0.05) is 47.4 Å². The number of carbonyl (C=O) groups excluding carboxylic acids is 1. The Morgan fingerprint density at radius 2 is 1.97 bits per heavy atom. The molecule has 0 fully saturated rings. The summed E-state index contributed by atoms with van der Waals surface area (Å²) in [6.45, 7) is 3.51. The highest BCUT2D eigenvalue weighted by Gasteiger charge is 2.62. The van der Waals surface area contributed by atoms with Crippen molar-refractivity contribution in [2.45, 2.75) is 44.9 Å². The number of hydrogen-bond donors (Lipinski definition) is 2. The Morgan fingerprint density at radius 3 is 2.61 bits per heavy atom. The number of nitrogens with zero attached hydrogens (tertiary/aromatic N) is 1. The lowest BCUT2D eigenvalue weighted by atomic mass is 9.86. The first-order valence-corrected chi connectivity index (χ1v) is 10.3. The van der Waals surface area contributed by atoms with Gasteiger partial charge in [-0.3, -0.25) is 15.6 Å². The van der Waals surface area contributed by atoms with E-state index in [2.05, 4.69) is 16.0 Å². The van der Waals surface area contributed by atoms with Crippen LogP contribution in [-0.2, 0) is 15.2 Å². The molecule has 31 heavy (non-hydrogen) atoms. The number of amides is 1. The number of benzene rings is 2. The summed E-state index contributed by atoms with van der Waals surface area (Å²) in [5.41, 5.74) is 3.79. The molecule has 0 spiro atoms. The van der Waals surface area contributed by atoms with Crippen molar-refractivity contribution in [3.63, 3.8) is 0 Å². The van der Waals surface area contributed by atoms with Crippen molar-refractivity contribution in [2.24, 2.45) is 5.16 Å². The summed E-state index contributed by atoms with van der Waals surface area (Å²) in [5.74, 6) is -0.238. The summed E-state index contributed by atoms with van der Waals surface area (Å²) in [7, 11) is 0. The monoisotopic (exact) mass is 473 g/mol. The number of hydrogen-bond acceptors (Lipinski definition) is 4. The maximum absolute atomic E-state index is 14.2. The second-order valence-electron chi connectivity index (χ2n) is 7.27. The number of anilines is 1. The number of oxime groups is 1. The summed E-state index contributed by atoms with van der Waals surface area (Å²) >= 11 is 12.1. The smallest absolute Gasteiger partial charge is 0.374 e. The molecule has 1 amide bonds. The van der Waals surface area contributed by atoms with E-state index < -0.39 is 18.2 Å². The van der Waals surface area contributed by atoms with E-state index in [-0.39, 0.29) is 27.2 Å². The first-order chi connectivity index (χ1) is 14.6. The van der Waals surface area contributed by atoms with E-state index in [1.807, 2.05) is 6.92 Å². The summed E-state index contributed by atoms with van der Waals surface area (Å²) in [6, 6.07) is 8.74. The van der Waals surface area contributed by atoms with E-state index in [1.165, 1.54) is 24.3 Å². The van der Waals surface area contributed by atoms with Gasteiger partial charge >= 0.3 is 6.18 Å². The predicted octanol–water partition coefficient (Wildman–Crippen LogP) is 6.13. The van der Waals surface area contributed by atoms with E-state index >= 15 is 0 Å². The lowest BCUT2D eigenvalue weighted by Crippen LogP contribution is -2.42. The molecule has 1 heterocycles. The molecular weight excluding hydrogens is 454 g/mol. The minimum absolute atomic E-state index is 0.0922. The standard InChI is InChI=1S/C21H20Cl2F3N3O2/c1-3-4-19(30)28-27-17-9-13(5-6-16(17)23)18-11-20(31-29-18,21(24,25)26)14-7-12(2)8-15(22)10-14/h5-10,27H,3-4,11H2,1-2H3,(H,28,30). The summed E-state index contributed by atoms with van der Waals surface area (Å²) in [5, 5.41) is 4.21. The molecule has 2 aromatic carbocycles. The fourth-order valence-corrected chi connectivity index (χ4v) is 3.71. The van der Waals surface area contributed by atoms with Gasteiger partial charge in [0.2, 0.25) is 5.91 Å². The van der Waals surface area contributed by atoms with Crippen LogP contribution in [0.1, 0.15) is 42.9 Å². The second kappa shape index (κ2) is 8.96. The van der Waals surface area contributed by atoms with Gasteiger partial charge in [-0.2, -0.15) is 13.2 Å². The molecule has 2 N–H and O–H groups in total. The summed E-state index contributed by atoms with van der Waals surface area (Å²) < 4.78 is 42.5. The molecular formula is C21H20Cl2F3N3O2. The van der Waals surface area contributed by atoms with Crippen LogP contribution in [0.15, 0.2) is 41.6 Å². The van der Waals surface area contributed by atoms with Crippen LogP contribution in [0.4, 0.5) is 18.9 Å². The first-order valence-electron chi connectivity index (χ1n) is 9.50. The number of alkyl halides is 3. The number of hydrazine groups is 1. The van der Waals surface area contributed by atoms with Gasteiger partial charge in [0.1, 0.15) is 0 Å². The van der Waals surface area contributed by atoms with Crippen LogP contribution < -0.4 is 10.9 Å². The largest absolute Gasteiger partial charge is 0.435 e. The van der Waals surface area contributed by atoms with Gasteiger partial charge in [0.15, 0.2) is 0 Å². The molecule has 0 radical (unpaired) electrons. The molecule has 0 aliphatic carbocycles. The lowest BCUT2D eigenvalue weighted by molar-refractivity contribution is -0.275. The van der Waals surface area contributed by atoms with E-state index in [9.17, 15) is 18.0 Å². The Labute approximate surface area is 187 Å². The molecule has 0 saturated heterocycles. The first kappa shape index (κ1) is 23.2. The van der Waals surface area contributed by atoms with Gasteiger partial charge in [-0.15, -0.1) is 0 Å². The highest BCUT2D eigenvalue weighted by molar-refractivity contribution is 6.33. The molecule has 10 heteroatoms. The zero-order chi connectivity index (χ0) is 22.8. The highest BCUT2D eigenvalue weighted by Crippen LogP contribution is 2.49. The average molecular weight is 474 g/mol. The van der Waals surface area contributed by atoms with Gasteiger partial charge in [-0.05, 0) is 43.2 Å². The minimum atomic E-state index is -4.74. The number of nitrogens with one attached hydrogen (secondary N) is 2. The molecule has 0 saturated carbocycles. The van der Waals surface area contributed by atoms with Crippen molar-refractivity contribution in [3.8, 4) is 0 Å². The fraction of sp³-hybridized carbons (Fsp3) is 0.333. The van der Waals surface area contributed by atoms with Gasteiger partial charge in [-0.25, -0.2) is 0 Å². The van der Waals surface area contributed by atoms with E-state index in [1.54, 1.807) is 19.1 Å². The van der Waals surface area contributed by atoms with E-state index in [0.717, 1.165) is 0 Å². The fourth-order valence-electron chi connectivity index (χ4n) is 3.26. The Balaban J connectivity index is 1.90. The van der Waals surface area contributed by atoms with Crippen molar-refractivity contribution in [1.82, 2.24) is 5.43 Å². The molecule has 2 aromatic rings. The van der Waals surface area contributed by atoms with Crippen LogP contribution in [0.3, 0.4) is 0 Å². The molecule has 0 aromatic heterocycles. The summed E-state index contributed by atoms with van der Waals surface area (Å²) in [4.78, 5) is 16.7. The Kier molecular flexibility index (Phi) is 6.71. The van der Waals surface area contributed by atoms with Crippen LogP contribution in [0.5, 0.6) is 0 Å². The second-order valence-corrected chi connectivity index (χ2v) is 8.11. The third-order valence-corrected chi connectivity index (χ3v) is 5.36. The van der Waals surface area contributed by atoms with Crippen molar-refractivity contribution in [1.29, 1.82) is 0 Å². The molecule has 3 rings (SSSR count). The molecule has 1 aliphatic rings. The molecule has 1 atom stereocenters. The van der Waals surface area contributed by atoms with Crippen molar-refractivity contribution < 1.29 is 22.8 Å². The predicted molar refractivity (Wildman–Crippen MR) is 114 cm³/mol. The van der Waals surface area contributed by atoms with Crippen molar-refractivity contribution >= 4 is 40.5 Å². The van der Waals surface area contributed by atoms with Gasteiger partial charge in [0, 0.05) is 29.0 Å². The highest BCUT2D eigenvalue weighted by atomic mass is 35.5. The molecule has 0 bridgehead atoms. The molecule has 5 nitrogen and oxygen atoms in total. The van der Waals surface area contributed by atoms with Crippen molar-refractivity contribution in [2.75, 3.05) is 5.43 Å². The number of rotatable bonds is 6. The van der Waals surface area contributed by atoms with Gasteiger partial charge in [0.05, 0.1) is 16.4 Å². The van der Waals surface area contributed by atoms with E-state index in [0.29, 0.717) is 29.7 Å². The lowest BCUT2D eigenvalue weighted by Gasteiger charge is -2.29. The third-order valence-electron chi connectivity index (χ3n) is 4.81. The van der Waals surface area contributed by atoms with Crippen LogP contribution in [0.25, 0.3) is 0 Å². The van der Waals surface area contributed by atoms with Gasteiger partial charge in [0.25, 0.3) is 5.60 Å². The zero-order valence-corrected chi connectivity index (χ0v) is 18.3. The maximum Gasteiger partial charge on any atom is 0.435 e. The summed E-state index contributed by atoms with van der Waals surface area (Å²) in [6.07, 6.45) is -4.30. The van der Waals surface area contributed by atoms with Crippen LogP contribution in [0, 0.1) is 6.92 Å². The Hall–Kier alpha value is -2.45. The van der Waals surface area contributed by atoms with Gasteiger partial charge < -0.3 is 4.84 Å². The quantitative estimate of drug-likeness (QED) is 0.496. The zero-order valence-electron chi connectivity index (χ0n) is 16.7. The Morgan fingerprint density at radius 1 is 1.23 bits per heavy atom. The molecule has 1 aliphatic heterocycles. The SMILES string of the molecule is CCCC(=O)NNc1cc(C2=NOC(c3cc(C)cc(Cl)c3)(C(F)(F)F)C2)ccc1Cl. The van der Waals surface area contributed by atoms with E-state index in [4.69, 9.17) is 28.0 Å².